The summed E-state index contributed by atoms with van der Waals surface area (Å²) in [4.78, 5) is 22.7. The predicted molar refractivity (Wildman–Crippen MR) is 79.0 cm³/mol. The summed E-state index contributed by atoms with van der Waals surface area (Å²) in [5, 5.41) is 15.1. The van der Waals surface area contributed by atoms with Crippen LogP contribution in [-0.4, -0.2) is 20.9 Å². The fourth-order valence-electron chi connectivity index (χ4n) is 2.27. The van der Waals surface area contributed by atoms with Crippen molar-refractivity contribution >= 4 is 16.7 Å². The highest BCUT2D eigenvalue weighted by Gasteiger charge is 2.13. The molecule has 0 amide bonds. The number of carboxylic acids is 1. The summed E-state index contributed by atoms with van der Waals surface area (Å²) in [7, 11) is 0. The standard InChI is InChI=1S/C16H12N2O3/c1-10-8-14(19)15(16(20)21)17-18(10)13-7-6-11-4-2-3-5-12(11)9-13/h2-9H,1H3,(H,20,21). The molecule has 0 aliphatic carbocycles. The average molecular weight is 280 g/mol. The van der Waals surface area contributed by atoms with Crippen molar-refractivity contribution in [1.82, 2.24) is 9.78 Å². The van der Waals surface area contributed by atoms with Crippen molar-refractivity contribution in [3.05, 3.63) is 70.1 Å². The van der Waals surface area contributed by atoms with Crippen LogP contribution in [0.4, 0.5) is 0 Å². The van der Waals surface area contributed by atoms with Gasteiger partial charge in [-0.1, -0.05) is 30.3 Å². The minimum Gasteiger partial charge on any atom is -0.476 e. The zero-order valence-corrected chi connectivity index (χ0v) is 11.3. The molecule has 104 valence electrons. The number of benzene rings is 2. The third-order valence-corrected chi connectivity index (χ3v) is 3.29. The van der Waals surface area contributed by atoms with Gasteiger partial charge in [0.1, 0.15) is 0 Å². The van der Waals surface area contributed by atoms with E-state index in [1.807, 2.05) is 42.5 Å². The molecule has 3 aromatic rings. The molecule has 0 bridgehead atoms. The Morgan fingerprint density at radius 2 is 1.81 bits per heavy atom. The van der Waals surface area contributed by atoms with Crippen molar-refractivity contribution in [2.24, 2.45) is 0 Å². The van der Waals surface area contributed by atoms with Crippen molar-refractivity contribution < 1.29 is 9.90 Å². The molecule has 2 aromatic carbocycles. The summed E-state index contributed by atoms with van der Waals surface area (Å²) in [6.45, 7) is 1.72. The normalized spacial score (nSPS) is 10.7. The Morgan fingerprint density at radius 1 is 1.10 bits per heavy atom. The van der Waals surface area contributed by atoms with Gasteiger partial charge in [0.2, 0.25) is 11.1 Å². The third-order valence-electron chi connectivity index (χ3n) is 3.29. The first kappa shape index (κ1) is 13.1. The zero-order chi connectivity index (χ0) is 15.0. The van der Waals surface area contributed by atoms with Crippen molar-refractivity contribution in [2.45, 2.75) is 6.92 Å². The van der Waals surface area contributed by atoms with Crippen LogP contribution in [0.1, 0.15) is 16.2 Å². The monoisotopic (exact) mass is 280 g/mol. The van der Waals surface area contributed by atoms with Crippen LogP contribution in [0.3, 0.4) is 0 Å². The Kier molecular flexibility index (Phi) is 3.02. The van der Waals surface area contributed by atoms with Crippen LogP contribution in [0.15, 0.2) is 53.3 Å². The first-order valence-electron chi connectivity index (χ1n) is 6.40. The lowest BCUT2D eigenvalue weighted by Crippen LogP contribution is -2.22. The second-order valence-corrected chi connectivity index (χ2v) is 4.75. The van der Waals surface area contributed by atoms with Crippen LogP contribution >= 0.6 is 0 Å². The molecule has 0 saturated heterocycles. The number of carboxylic acid groups (broad SMARTS) is 1. The lowest BCUT2D eigenvalue weighted by molar-refractivity contribution is 0.0686. The maximum absolute atomic E-state index is 11.6. The molecule has 0 spiro atoms. The summed E-state index contributed by atoms with van der Waals surface area (Å²) in [5.74, 6) is -1.32. The molecule has 5 heteroatoms. The first-order valence-corrected chi connectivity index (χ1v) is 6.40. The largest absolute Gasteiger partial charge is 0.476 e. The van der Waals surface area contributed by atoms with Crippen LogP contribution in [0.5, 0.6) is 0 Å². The van der Waals surface area contributed by atoms with Gasteiger partial charge in [0, 0.05) is 11.8 Å². The van der Waals surface area contributed by atoms with Gasteiger partial charge in [0.25, 0.3) is 0 Å². The van der Waals surface area contributed by atoms with E-state index in [4.69, 9.17) is 5.11 Å². The van der Waals surface area contributed by atoms with Gasteiger partial charge in [-0.25, -0.2) is 9.48 Å². The Labute approximate surface area is 120 Å². The van der Waals surface area contributed by atoms with Gasteiger partial charge in [-0.3, -0.25) is 4.79 Å². The van der Waals surface area contributed by atoms with Gasteiger partial charge in [-0.05, 0) is 29.8 Å². The molecule has 0 aliphatic heterocycles. The molecule has 1 N–H and O–H groups in total. The molecule has 3 rings (SSSR count). The number of aryl methyl sites for hydroxylation is 1. The van der Waals surface area contributed by atoms with Crippen molar-refractivity contribution in [3.63, 3.8) is 0 Å². The zero-order valence-electron chi connectivity index (χ0n) is 11.3. The SMILES string of the molecule is Cc1cc(=O)c(C(=O)O)nn1-c1ccc2ccccc2c1. The summed E-state index contributed by atoms with van der Waals surface area (Å²) in [5.41, 5.74) is 0.236. The van der Waals surface area contributed by atoms with Crippen LogP contribution < -0.4 is 5.43 Å². The minimum atomic E-state index is -1.32. The Balaban J connectivity index is 2.24. The van der Waals surface area contributed by atoms with E-state index in [0.717, 1.165) is 10.8 Å². The van der Waals surface area contributed by atoms with Gasteiger partial charge in [-0.2, -0.15) is 5.10 Å². The van der Waals surface area contributed by atoms with Crippen molar-refractivity contribution in [2.75, 3.05) is 0 Å². The van der Waals surface area contributed by atoms with Crippen LogP contribution in [-0.2, 0) is 0 Å². The molecule has 0 unspecified atom stereocenters. The molecule has 0 saturated carbocycles. The molecule has 0 atom stereocenters. The van der Waals surface area contributed by atoms with Crippen LogP contribution in [0, 0.1) is 6.92 Å². The molecule has 0 radical (unpaired) electrons. The summed E-state index contributed by atoms with van der Waals surface area (Å²) < 4.78 is 1.47. The van der Waals surface area contributed by atoms with Crippen molar-refractivity contribution in [1.29, 1.82) is 0 Å². The van der Waals surface area contributed by atoms with E-state index in [-0.39, 0.29) is 0 Å². The quantitative estimate of drug-likeness (QED) is 0.782. The highest BCUT2D eigenvalue weighted by atomic mass is 16.4. The van der Waals surface area contributed by atoms with Crippen molar-refractivity contribution in [3.8, 4) is 5.69 Å². The summed E-state index contributed by atoms with van der Waals surface area (Å²) >= 11 is 0. The number of aromatic nitrogens is 2. The fourth-order valence-corrected chi connectivity index (χ4v) is 2.27. The molecule has 5 nitrogen and oxygen atoms in total. The molecule has 1 aromatic heterocycles. The Bertz CT molecular complexity index is 913. The number of nitrogens with zero attached hydrogens (tertiary/aromatic N) is 2. The van der Waals surface area contributed by atoms with E-state index in [2.05, 4.69) is 5.10 Å². The second kappa shape index (κ2) is 4.86. The summed E-state index contributed by atoms with van der Waals surface area (Å²) in [6.07, 6.45) is 0. The second-order valence-electron chi connectivity index (χ2n) is 4.75. The molecule has 1 heterocycles. The molecule has 21 heavy (non-hydrogen) atoms. The number of aromatic carboxylic acids is 1. The van der Waals surface area contributed by atoms with E-state index in [1.165, 1.54) is 10.7 Å². The molecular formula is C16H12N2O3. The van der Waals surface area contributed by atoms with Gasteiger partial charge < -0.3 is 5.11 Å². The number of rotatable bonds is 2. The van der Waals surface area contributed by atoms with Gasteiger partial charge in [0.05, 0.1) is 5.69 Å². The lowest BCUT2D eigenvalue weighted by Gasteiger charge is -2.10. The van der Waals surface area contributed by atoms with E-state index in [9.17, 15) is 9.59 Å². The minimum absolute atomic E-state index is 0.478. The highest BCUT2D eigenvalue weighted by Crippen LogP contribution is 2.18. The lowest BCUT2D eigenvalue weighted by atomic mass is 10.1. The molecule has 0 aliphatic rings. The predicted octanol–water partition coefficient (Wildman–Crippen LogP) is 2.39. The van der Waals surface area contributed by atoms with E-state index < -0.39 is 17.1 Å². The number of hydrogen-bond donors (Lipinski definition) is 1. The fraction of sp³-hybridized carbons (Fsp3) is 0.0625. The van der Waals surface area contributed by atoms with E-state index in [0.29, 0.717) is 11.4 Å². The Morgan fingerprint density at radius 3 is 2.52 bits per heavy atom. The Hall–Kier alpha value is -2.95. The third kappa shape index (κ3) is 2.29. The summed E-state index contributed by atoms with van der Waals surface area (Å²) in [6, 6.07) is 14.8. The number of hydrogen-bond acceptors (Lipinski definition) is 3. The van der Waals surface area contributed by atoms with Gasteiger partial charge in [-0.15, -0.1) is 0 Å². The maximum atomic E-state index is 11.6. The molecular weight excluding hydrogens is 268 g/mol. The van der Waals surface area contributed by atoms with E-state index in [1.54, 1.807) is 6.92 Å². The van der Waals surface area contributed by atoms with Gasteiger partial charge >= 0.3 is 5.97 Å². The highest BCUT2D eigenvalue weighted by molar-refractivity contribution is 5.85. The van der Waals surface area contributed by atoms with E-state index >= 15 is 0 Å². The topological polar surface area (TPSA) is 72.2 Å². The first-order chi connectivity index (χ1) is 10.1. The maximum Gasteiger partial charge on any atom is 0.360 e. The number of fused-ring (bicyclic) bond motifs is 1. The smallest absolute Gasteiger partial charge is 0.360 e. The van der Waals surface area contributed by atoms with Gasteiger partial charge in [0.15, 0.2) is 0 Å². The van der Waals surface area contributed by atoms with Crippen LogP contribution in [0.2, 0.25) is 0 Å². The molecule has 0 fully saturated rings. The number of carbonyl (C=O) groups is 1. The average Bonchev–Trinajstić information content (AvgIpc) is 2.46. The van der Waals surface area contributed by atoms with Crippen LogP contribution in [0.25, 0.3) is 16.5 Å².